The summed E-state index contributed by atoms with van der Waals surface area (Å²) < 4.78 is 38.2. The number of likely N-dealkylation sites (tertiary alicyclic amines) is 1. The first-order valence-corrected chi connectivity index (χ1v) is 9.69. The van der Waals surface area contributed by atoms with Crippen LogP contribution in [0.2, 0.25) is 0 Å². The number of carbonyl (C=O) groups is 2. The maximum absolute atomic E-state index is 12.8. The smallest absolute Gasteiger partial charge is 0.416 e. The van der Waals surface area contributed by atoms with Gasteiger partial charge in [-0.05, 0) is 61.7 Å². The summed E-state index contributed by atoms with van der Waals surface area (Å²) in [5.41, 5.74) is 1.00. The Labute approximate surface area is 172 Å². The lowest BCUT2D eigenvalue weighted by Gasteiger charge is -2.25. The molecule has 3 rings (SSSR count). The number of carboxylic acids is 1. The van der Waals surface area contributed by atoms with Crippen molar-refractivity contribution < 1.29 is 27.9 Å². The fourth-order valence-corrected chi connectivity index (χ4v) is 3.65. The summed E-state index contributed by atoms with van der Waals surface area (Å²) in [6, 6.07) is 10.7. The molecule has 0 spiro atoms. The van der Waals surface area contributed by atoms with E-state index in [0.29, 0.717) is 19.5 Å². The summed E-state index contributed by atoms with van der Waals surface area (Å²) in [6.07, 6.45) is -2.86. The highest BCUT2D eigenvalue weighted by Crippen LogP contribution is 2.30. The number of amides is 1. The maximum atomic E-state index is 12.8. The van der Waals surface area contributed by atoms with Crippen LogP contribution in [0.3, 0.4) is 0 Å². The molecule has 1 fully saturated rings. The number of hydrogen-bond donors (Lipinski definition) is 2. The molecule has 1 aliphatic rings. The molecule has 1 amide bonds. The molecule has 8 heteroatoms. The highest BCUT2D eigenvalue weighted by Gasteiger charge is 2.32. The van der Waals surface area contributed by atoms with Crippen LogP contribution < -0.4 is 5.32 Å². The van der Waals surface area contributed by atoms with Gasteiger partial charge in [-0.3, -0.25) is 9.69 Å². The molecule has 1 saturated heterocycles. The zero-order valence-electron chi connectivity index (χ0n) is 16.4. The van der Waals surface area contributed by atoms with Crippen LogP contribution in [0.15, 0.2) is 48.5 Å². The summed E-state index contributed by atoms with van der Waals surface area (Å²) in [5.74, 6) is -1.16. The average Bonchev–Trinajstić information content (AvgIpc) is 3.16. The van der Waals surface area contributed by atoms with Crippen LogP contribution in [0.25, 0.3) is 0 Å². The summed E-state index contributed by atoms with van der Waals surface area (Å²) in [6.45, 7) is 2.92. The van der Waals surface area contributed by atoms with E-state index in [1.54, 1.807) is 12.1 Å². The number of aromatic carboxylic acids is 1. The van der Waals surface area contributed by atoms with E-state index in [-0.39, 0.29) is 23.6 Å². The fraction of sp³-hybridized carbons (Fsp3) is 0.364. The van der Waals surface area contributed by atoms with Gasteiger partial charge in [0.05, 0.1) is 23.2 Å². The Balaban J connectivity index is 1.61. The van der Waals surface area contributed by atoms with Crippen LogP contribution in [0.4, 0.5) is 13.2 Å². The van der Waals surface area contributed by atoms with Gasteiger partial charge in [0, 0.05) is 6.54 Å². The van der Waals surface area contributed by atoms with E-state index < -0.39 is 17.7 Å². The van der Waals surface area contributed by atoms with Crippen LogP contribution in [-0.2, 0) is 17.5 Å². The third kappa shape index (κ3) is 5.18. The van der Waals surface area contributed by atoms with Gasteiger partial charge in [0.1, 0.15) is 0 Å². The minimum Gasteiger partial charge on any atom is -0.478 e. The first-order valence-electron chi connectivity index (χ1n) is 9.69. The van der Waals surface area contributed by atoms with Crippen molar-refractivity contribution in [2.24, 2.45) is 0 Å². The third-order valence-electron chi connectivity index (χ3n) is 5.35. The van der Waals surface area contributed by atoms with Gasteiger partial charge in [-0.15, -0.1) is 0 Å². The number of hydrogen-bond acceptors (Lipinski definition) is 3. The molecule has 1 aliphatic heterocycles. The van der Waals surface area contributed by atoms with Crippen molar-refractivity contribution in [3.63, 3.8) is 0 Å². The summed E-state index contributed by atoms with van der Waals surface area (Å²) in [7, 11) is 0. The normalized spacial score (nSPS) is 18.2. The molecule has 2 aromatic rings. The quantitative estimate of drug-likeness (QED) is 0.733. The Morgan fingerprint density at radius 3 is 2.33 bits per heavy atom. The first-order chi connectivity index (χ1) is 14.1. The Morgan fingerprint density at radius 1 is 1.13 bits per heavy atom. The molecular weight excluding hydrogens is 397 g/mol. The standard InChI is InChI=1S/C22H23F3N2O3/c1-14(16-6-8-17(9-7-16)21(29)30)26-20(28)19-3-2-12-27(19)13-15-4-10-18(11-5-15)22(23,24)25/h4-11,14,19H,2-3,12-13H2,1H3,(H,26,28)(H,29,30)/t14-,19?/m0/s1. The molecular formula is C22H23F3N2O3. The van der Waals surface area contributed by atoms with Gasteiger partial charge in [-0.1, -0.05) is 24.3 Å². The van der Waals surface area contributed by atoms with Crippen LogP contribution in [0, 0.1) is 0 Å². The minimum absolute atomic E-state index is 0.144. The number of carboxylic acid groups (broad SMARTS) is 1. The number of benzene rings is 2. The average molecular weight is 420 g/mol. The van der Waals surface area contributed by atoms with E-state index in [9.17, 15) is 22.8 Å². The SMILES string of the molecule is C[C@H](NC(=O)C1CCCN1Cc1ccc(C(F)(F)F)cc1)c1ccc(C(=O)O)cc1. The van der Waals surface area contributed by atoms with Crippen molar-refractivity contribution in [1.82, 2.24) is 10.2 Å². The number of rotatable bonds is 6. The number of alkyl halides is 3. The molecule has 2 aromatic carbocycles. The van der Waals surface area contributed by atoms with E-state index in [1.165, 1.54) is 24.3 Å². The third-order valence-corrected chi connectivity index (χ3v) is 5.35. The van der Waals surface area contributed by atoms with Crippen molar-refractivity contribution in [2.45, 2.75) is 44.6 Å². The van der Waals surface area contributed by atoms with Crippen molar-refractivity contribution in [1.29, 1.82) is 0 Å². The van der Waals surface area contributed by atoms with E-state index in [4.69, 9.17) is 5.11 Å². The lowest BCUT2D eigenvalue weighted by Crippen LogP contribution is -2.43. The number of halogens is 3. The van der Waals surface area contributed by atoms with E-state index in [2.05, 4.69) is 5.32 Å². The van der Waals surface area contributed by atoms with Crippen molar-refractivity contribution in [3.8, 4) is 0 Å². The van der Waals surface area contributed by atoms with Gasteiger partial charge < -0.3 is 10.4 Å². The topological polar surface area (TPSA) is 69.6 Å². The molecule has 2 N–H and O–H groups in total. The molecule has 0 aromatic heterocycles. The molecule has 0 saturated carbocycles. The second kappa shape index (κ2) is 8.87. The molecule has 1 unspecified atom stereocenters. The van der Waals surface area contributed by atoms with Gasteiger partial charge in [-0.25, -0.2) is 4.79 Å². The Bertz CT molecular complexity index is 895. The summed E-state index contributed by atoms with van der Waals surface area (Å²) in [4.78, 5) is 25.7. The summed E-state index contributed by atoms with van der Waals surface area (Å²) >= 11 is 0. The van der Waals surface area contributed by atoms with Crippen molar-refractivity contribution in [2.75, 3.05) is 6.54 Å². The van der Waals surface area contributed by atoms with Gasteiger partial charge >= 0.3 is 12.1 Å². The molecule has 160 valence electrons. The molecule has 0 aliphatic carbocycles. The highest BCUT2D eigenvalue weighted by molar-refractivity contribution is 5.87. The van der Waals surface area contributed by atoms with E-state index >= 15 is 0 Å². The van der Waals surface area contributed by atoms with Crippen molar-refractivity contribution in [3.05, 3.63) is 70.8 Å². The molecule has 0 bridgehead atoms. The second-order valence-corrected chi connectivity index (χ2v) is 7.48. The molecule has 1 heterocycles. The fourth-order valence-electron chi connectivity index (χ4n) is 3.65. The highest BCUT2D eigenvalue weighted by atomic mass is 19.4. The summed E-state index contributed by atoms with van der Waals surface area (Å²) in [5, 5.41) is 11.9. The van der Waals surface area contributed by atoms with E-state index in [0.717, 1.165) is 29.7 Å². The number of carbonyl (C=O) groups excluding carboxylic acids is 1. The number of nitrogens with zero attached hydrogens (tertiary/aromatic N) is 1. The zero-order valence-corrected chi connectivity index (χ0v) is 16.4. The van der Waals surface area contributed by atoms with Crippen LogP contribution in [0.5, 0.6) is 0 Å². The zero-order chi connectivity index (χ0) is 21.9. The monoisotopic (exact) mass is 420 g/mol. The van der Waals surface area contributed by atoms with Crippen LogP contribution in [0.1, 0.15) is 52.9 Å². The van der Waals surface area contributed by atoms with Crippen molar-refractivity contribution >= 4 is 11.9 Å². The predicted molar refractivity (Wildman–Crippen MR) is 105 cm³/mol. The minimum atomic E-state index is -4.37. The van der Waals surface area contributed by atoms with Crippen LogP contribution >= 0.6 is 0 Å². The van der Waals surface area contributed by atoms with Gasteiger partial charge in [0.25, 0.3) is 0 Å². The second-order valence-electron chi connectivity index (χ2n) is 7.48. The largest absolute Gasteiger partial charge is 0.478 e. The predicted octanol–water partition coefficient (Wildman–Crippen LogP) is 4.25. The first kappa shape index (κ1) is 21.8. The maximum Gasteiger partial charge on any atom is 0.416 e. The Hall–Kier alpha value is -2.87. The Kier molecular flexibility index (Phi) is 6.45. The lowest BCUT2D eigenvalue weighted by atomic mass is 10.1. The van der Waals surface area contributed by atoms with Gasteiger partial charge in [-0.2, -0.15) is 13.2 Å². The molecule has 30 heavy (non-hydrogen) atoms. The van der Waals surface area contributed by atoms with E-state index in [1.807, 2.05) is 11.8 Å². The van der Waals surface area contributed by atoms with Crippen LogP contribution in [-0.4, -0.2) is 34.5 Å². The number of nitrogens with one attached hydrogen (secondary N) is 1. The molecule has 2 atom stereocenters. The molecule has 0 radical (unpaired) electrons. The lowest BCUT2D eigenvalue weighted by molar-refractivity contribution is -0.137. The van der Waals surface area contributed by atoms with Gasteiger partial charge in [0.2, 0.25) is 5.91 Å². The Morgan fingerprint density at radius 2 is 1.77 bits per heavy atom. The molecule has 5 nitrogen and oxygen atoms in total. The van der Waals surface area contributed by atoms with Gasteiger partial charge in [0.15, 0.2) is 0 Å².